The SMILES string of the molecule is CC1(C)OB(c2scnc2-c2cccc(Cl)c2)OC1(C)C. The van der Waals surface area contributed by atoms with Crippen LogP contribution in [0.5, 0.6) is 0 Å². The number of rotatable bonds is 2. The summed E-state index contributed by atoms with van der Waals surface area (Å²) in [7, 11) is -0.392. The van der Waals surface area contributed by atoms with Gasteiger partial charge >= 0.3 is 7.12 Å². The molecule has 0 saturated carbocycles. The Bertz CT molecular complexity index is 655. The predicted molar refractivity (Wildman–Crippen MR) is 88.3 cm³/mol. The number of thiazole rings is 1. The molecule has 6 heteroatoms. The monoisotopic (exact) mass is 321 g/mol. The standard InChI is InChI=1S/C15H17BClNO2S/c1-14(2)15(3,4)20-16(19-14)13-12(18-9-21-13)10-6-5-7-11(17)8-10/h5-9H,1-4H3. The van der Waals surface area contributed by atoms with Crippen LogP contribution >= 0.6 is 22.9 Å². The molecule has 1 aromatic carbocycles. The van der Waals surface area contributed by atoms with Gasteiger partial charge in [-0.15, -0.1) is 11.3 Å². The number of hydrogen-bond acceptors (Lipinski definition) is 4. The highest BCUT2D eigenvalue weighted by Crippen LogP contribution is 2.37. The van der Waals surface area contributed by atoms with Crippen molar-refractivity contribution in [1.29, 1.82) is 0 Å². The van der Waals surface area contributed by atoms with Gasteiger partial charge in [-0.25, -0.2) is 4.98 Å². The van der Waals surface area contributed by atoms with Crippen LogP contribution in [0.3, 0.4) is 0 Å². The van der Waals surface area contributed by atoms with E-state index in [0.717, 1.165) is 16.0 Å². The molecule has 0 atom stereocenters. The molecule has 0 unspecified atom stereocenters. The van der Waals surface area contributed by atoms with Crippen molar-refractivity contribution in [2.45, 2.75) is 38.9 Å². The minimum Gasteiger partial charge on any atom is -0.399 e. The Hall–Kier alpha value is -0.875. The van der Waals surface area contributed by atoms with E-state index in [9.17, 15) is 0 Å². The van der Waals surface area contributed by atoms with E-state index in [1.807, 2.05) is 57.5 Å². The van der Waals surface area contributed by atoms with Crippen molar-refractivity contribution in [3.8, 4) is 11.3 Å². The van der Waals surface area contributed by atoms with Crippen molar-refractivity contribution >= 4 is 34.8 Å². The molecule has 110 valence electrons. The Morgan fingerprint density at radius 2 is 1.81 bits per heavy atom. The zero-order valence-corrected chi connectivity index (χ0v) is 14.1. The fraction of sp³-hybridized carbons (Fsp3) is 0.400. The number of benzene rings is 1. The number of aromatic nitrogens is 1. The van der Waals surface area contributed by atoms with Crippen LogP contribution in [0.25, 0.3) is 11.3 Å². The van der Waals surface area contributed by atoms with Gasteiger partial charge in [0.2, 0.25) is 0 Å². The molecule has 0 radical (unpaired) electrons. The van der Waals surface area contributed by atoms with E-state index in [1.165, 1.54) is 0 Å². The highest BCUT2D eigenvalue weighted by atomic mass is 35.5. The van der Waals surface area contributed by atoms with Crippen molar-refractivity contribution in [2.75, 3.05) is 0 Å². The summed E-state index contributed by atoms with van der Waals surface area (Å²) in [6, 6.07) is 7.68. The fourth-order valence-corrected chi connectivity index (χ4v) is 3.18. The van der Waals surface area contributed by atoms with Crippen LogP contribution in [-0.4, -0.2) is 23.3 Å². The second-order valence-corrected chi connectivity index (χ2v) is 7.49. The normalized spacial score (nSPS) is 20.0. The molecule has 1 aliphatic rings. The molecule has 1 saturated heterocycles. The summed E-state index contributed by atoms with van der Waals surface area (Å²) in [6.45, 7) is 8.19. The van der Waals surface area contributed by atoms with Gasteiger partial charge in [0.25, 0.3) is 0 Å². The minimum absolute atomic E-state index is 0.354. The molecule has 1 fully saturated rings. The maximum Gasteiger partial charge on any atom is 0.507 e. The summed E-state index contributed by atoms with van der Waals surface area (Å²) in [5.74, 6) is 0. The van der Waals surface area contributed by atoms with Crippen LogP contribution in [0.15, 0.2) is 29.8 Å². The molecule has 0 spiro atoms. The molecule has 3 nitrogen and oxygen atoms in total. The lowest BCUT2D eigenvalue weighted by Gasteiger charge is -2.32. The maximum atomic E-state index is 6.12. The van der Waals surface area contributed by atoms with Gasteiger partial charge in [-0.05, 0) is 39.8 Å². The van der Waals surface area contributed by atoms with Crippen molar-refractivity contribution < 1.29 is 9.31 Å². The number of halogens is 1. The third kappa shape index (κ3) is 2.64. The molecule has 0 N–H and O–H groups in total. The van der Waals surface area contributed by atoms with Gasteiger partial charge in [0, 0.05) is 10.6 Å². The molecular weight excluding hydrogens is 305 g/mol. The third-order valence-corrected chi connectivity index (χ3v) is 5.25. The van der Waals surface area contributed by atoms with Crippen LogP contribution < -0.4 is 4.78 Å². The Kier molecular flexibility index (Phi) is 3.65. The topological polar surface area (TPSA) is 31.4 Å². The van der Waals surface area contributed by atoms with Gasteiger partial charge in [0.15, 0.2) is 0 Å². The summed E-state index contributed by atoms with van der Waals surface area (Å²) in [4.78, 5) is 4.47. The van der Waals surface area contributed by atoms with Gasteiger partial charge in [-0.3, -0.25) is 0 Å². The second kappa shape index (κ2) is 5.09. The van der Waals surface area contributed by atoms with Crippen LogP contribution in [-0.2, 0) is 9.31 Å². The molecule has 21 heavy (non-hydrogen) atoms. The number of nitrogens with zero attached hydrogens (tertiary/aromatic N) is 1. The molecule has 1 aliphatic heterocycles. The molecule has 2 heterocycles. The Labute approximate surface area is 134 Å². The second-order valence-electron chi connectivity index (χ2n) is 6.16. The molecule has 0 amide bonds. The summed E-state index contributed by atoms with van der Waals surface area (Å²) in [6.07, 6.45) is 0. The number of hydrogen-bond donors (Lipinski definition) is 0. The Morgan fingerprint density at radius 3 is 2.43 bits per heavy atom. The van der Waals surface area contributed by atoms with Crippen molar-refractivity contribution in [1.82, 2.24) is 4.98 Å². The fourth-order valence-electron chi connectivity index (χ4n) is 2.23. The van der Waals surface area contributed by atoms with E-state index in [2.05, 4.69) is 4.98 Å². The smallest absolute Gasteiger partial charge is 0.399 e. The third-order valence-electron chi connectivity index (χ3n) is 4.16. The van der Waals surface area contributed by atoms with Crippen LogP contribution in [0.4, 0.5) is 0 Å². The minimum atomic E-state index is -0.392. The van der Waals surface area contributed by atoms with E-state index in [0.29, 0.717) is 5.02 Å². The van der Waals surface area contributed by atoms with E-state index in [1.54, 1.807) is 11.3 Å². The summed E-state index contributed by atoms with van der Waals surface area (Å²) < 4.78 is 13.2. The average molecular weight is 322 g/mol. The van der Waals surface area contributed by atoms with Crippen molar-refractivity contribution in [3.05, 3.63) is 34.8 Å². The van der Waals surface area contributed by atoms with Gasteiger partial charge in [-0.2, -0.15) is 0 Å². The van der Waals surface area contributed by atoms with E-state index >= 15 is 0 Å². The highest BCUT2D eigenvalue weighted by molar-refractivity contribution is 7.21. The van der Waals surface area contributed by atoms with E-state index in [-0.39, 0.29) is 11.2 Å². The average Bonchev–Trinajstić information content (AvgIpc) is 2.93. The highest BCUT2D eigenvalue weighted by Gasteiger charge is 2.53. The first-order valence-electron chi connectivity index (χ1n) is 6.85. The molecule has 2 aromatic rings. The molecule has 1 aromatic heterocycles. The van der Waals surface area contributed by atoms with E-state index in [4.69, 9.17) is 20.9 Å². The summed E-state index contributed by atoms with van der Waals surface area (Å²) in [5.41, 5.74) is 2.96. The van der Waals surface area contributed by atoms with Crippen molar-refractivity contribution in [2.24, 2.45) is 0 Å². The lowest BCUT2D eigenvalue weighted by Crippen LogP contribution is -2.41. The first kappa shape index (κ1) is 15.0. The Morgan fingerprint density at radius 1 is 1.14 bits per heavy atom. The quantitative estimate of drug-likeness (QED) is 0.789. The molecule has 0 aliphatic carbocycles. The van der Waals surface area contributed by atoms with Gasteiger partial charge < -0.3 is 9.31 Å². The maximum absolute atomic E-state index is 6.12. The van der Waals surface area contributed by atoms with Crippen molar-refractivity contribution in [3.63, 3.8) is 0 Å². The molecular formula is C15H17BClNO2S. The summed E-state index contributed by atoms with van der Waals surface area (Å²) in [5, 5.41) is 0.695. The first-order chi connectivity index (χ1) is 9.80. The molecule has 3 rings (SSSR count). The van der Waals surface area contributed by atoms with Gasteiger partial charge in [-0.1, -0.05) is 23.7 Å². The molecule has 0 bridgehead atoms. The van der Waals surface area contributed by atoms with Crippen LogP contribution in [0, 0.1) is 0 Å². The Balaban J connectivity index is 1.98. The zero-order chi connectivity index (χ0) is 15.3. The summed E-state index contributed by atoms with van der Waals surface area (Å²) >= 11 is 7.62. The first-order valence-corrected chi connectivity index (χ1v) is 8.11. The van der Waals surface area contributed by atoms with Crippen LogP contribution in [0.1, 0.15) is 27.7 Å². The predicted octanol–water partition coefficient (Wildman–Crippen LogP) is 3.76. The lowest BCUT2D eigenvalue weighted by molar-refractivity contribution is 0.00578. The lowest BCUT2D eigenvalue weighted by atomic mass is 9.84. The van der Waals surface area contributed by atoms with Gasteiger partial charge in [0.05, 0.1) is 27.2 Å². The zero-order valence-electron chi connectivity index (χ0n) is 12.5. The van der Waals surface area contributed by atoms with E-state index < -0.39 is 7.12 Å². The van der Waals surface area contributed by atoms with Gasteiger partial charge in [0.1, 0.15) is 0 Å². The largest absolute Gasteiger partial charge is 0.507 e. The van der Waals surface area contributed by atoms with Crippen LogP contribution in [0.2, 0.25) is 5.02 Å².